The third kappa shape index (κ3) is 3.10. The number of nitrogens with two attached hydrogens (primary N) is 1. The number of carbonyl (C=O) groups excluding carboxylic acids is 2. The van der Waals surface area contributed by atoms with Gasteiger partial charge in [-0.05, 0) is 43.7 Å². The Morgan fingerprint density at radius 3 is 2.81 bits per heavy atom. The number of amides is 2. The van der Waals surface area contributed by atoms with Crippen molar-refractivity contribution in [3.63, 3.8) is 0 Å². The molecule has 0 aliphatic carbocycles. The number of carbonyl (C=O) groups is 2. The van der Waals surface area contributed by atoms with Crippen molar-refractivity contribution in [3.05, 3.63) is 35.9 Å². The SMILES string of the molecule is CN1C(=O)[C@@H](C2(C3CCOCC3)CCCc3nc(C(N)=O)nn32)COc2ccccc21. The van der Waals surface area contributed by atoms with Gasteiger partial charge >= 0.3 is 0 Å². The predicted molar refractivity (Wildman–Crippen MR) is 112 cm³/mol. The van der Waals surface area contributed by atoms with Crippen LogP contribution in [0.3, 0.4) is 0 Å². The number of aromatic nitrogens is 3. The molecule has 3 aliphatic rings. The van der Waals surface area contributed by atoms with Crippen LogP contribution in [0.1, 0.15) is 42.1 Å². The molecule has 1 saturated heterocycles. The van der Waals surface area contributed by atoms with Gasteiger partial charge in [-0.3, -0.25) is 9.59 Å². The number of benzene rings is 1. The van der Waals surface area contributed by atoms with Gasteiger partial charge < -0.3 is 20.1 Å². The molecule has 164 valence electrons. The molecule has 2 atom stereocenters. The van der Waals surface area contributed by atoms with Crippen molar-refractivity contribution in [2.24, 2.45) is 17.6 Å². The van der Waals surface area contributed by atoms with Crippen LogP contribution in [0.2, 0.25) is 0 Å². The van der Waals surface area contributed by atoms with Gasteiger partial charge in [0.15, 0.2) is 0 Å². The Kier molecular flexibility index (Phi) is 4.92. The minimum Gasteiger partial charge on any atom is -0.490 e. The summed E-state index contributed by atoms with van der Waals surface area (Å²) in [5, 5.41) is 4.56. The van der Waals surface area contributed by atoms with Crippen LogP contribution < -0.4 is 15.4 Å². The number of nitrogens with zero attached hydrogens (tertiary/aromatic N) is 4. The highest BCUT2D eigenvalue weighted by Crippen LogP contribution is 2.48. The number of aryl methyl sites for hydroxylation is 1. The summed E-state index contributed by atoms with van der Waals surface area (Å²) in [4.78, 5) is 31.8. The van der Waals surface area contributed by atoms with Crippen LogP contribution in [0.15, 0.2) is 24.3 Å². The first-order valence-corrected chi connectivity index (χ1v) is 10.9. The number of anilines is 1. The number of hydrogen-bond acceptors (Lipinski definition) is 6. The summed E-state index contributed by atoms with van der Waals surface area (Å²) < 4.78 is 13.7. The third-order valence-corrected chi connectivity index (χ3v) is 7.06. The fourth-order valence-electron chi connectivity index (χ4n) is 5.57. The molecule has 1 fully saturated rings. The zero-order chi connectivity index (χ0) is 21.6. The highest BCUT2D eigenvalue weighted by atomic mass is 16.5. The lowest BCUT2D eigenvalue weighted by atomic mass is 9.66. The van der Waals surface area contributed by atoms with E-state index >= 15 is 0 Å². The van der Waals surface area contributed by atoms with Gasteiger partial charge in [0.2, 0.25) is 11.7 Å². The van der Waals surface area contributed by atoms with Crippen molar-refractivity contribution < 1.29 is 19.1 Å². The normalized spacial score (nSPS) is 26.5. The lowest BCUT2D eigenvalue weighted by Crippen LogP contribution is -2.58. The van der Waals surface area contributed by atoms with E-state index in [2.05, 4.69) is 10.1 Å². The second-order valence-electron chi connectivity index (χ2n) is 8.59. The van der Waals surface area contributed by atoms with Gasteiger partial charge in [-0.15, -0.1) is 5.10 Å². The molecule has 0 bridgehead atoms. The maximum atomic E-state index is 13.9. The van der Waals surface area contributed by atoms with Crippen molar-refractivity contribution in [2.75, 3.05) is 31.8 Å². The van der Waals surface area contributed by atoms with E-state index in [1.807, 2.05) is 28.9 Å². The van der Waals surface area contributed by atoms with Crippen LogP contribution in [-0.4, -0.2) is 53.4 Å². The van der Waals surface area contributed by atoms with Crippen LogP contribution in [0, 0.1) is 11.8 Å². The first kappa shape index (κ1) is 20.0. The molecule has 2 amide bonds. The van der Waals surface area contributed by atoms with E-state index < -0.39 is 17.4 Å². The Labute approximate surface area is 180 Å². The molecular formula is C22H27N5O4. The van der Waals surface area contributed by atoms with E-state index in [9.17, 15) is 9.59 Å². The van der Waals surface area contributed by atoms with Gasteiger partial charge in [-0.25, -0.2) is 9.67 Å². The van der Waals surface area contributed by atoms with Gasteiger partial charge in [0.1, 0.15) is 18.2 Å². The predicted octanol–water partition coefficient (Wildman–Crippen LogP) is 1.51. The summed E-state index contributed by atoms with van der Waals surface area (Å²) >= 11 is 0. The van der Waals surface area contributed by atoms with Gasteiger partial charge in [-0.2, -0.15) is 0 Å². The molecule has 9 heteroatoms. The average Bonchev–Trinajstić information content (AvgIpc) is 3.20. The molecule has 4 heterocycles. The van der Waals surface area contributed by atoms with Crippen LogP contribution in [0.5, 0.6) is 5.75 Å². The minimum absolute atomic E-state index is 0.00645. The first-order valence-electron chi connectivity index (χ1n) is 10.9. The number of para-hydroxylation sites is 2. The highest BCUT2D eigenvalue weighted by Gasteiger charge is 2.55. The van der Waals surface area contributed by atoms with E-state index in [0.717, 1.165) is 31.4 Å². The third-order valence-electron chi connectivity index (χ3n) is 7.06. The lowest BCUT2D eigenvalue weighted by molar-refractivity contribution is -0.132. The lowest BCUT2D eigenvalue weighted by Gasteiger charge is -2.49. The van der Waals surface area contributed by atoms with Crippen molar-refractivity contribution in [1.29, 1.82) is 0 Å². The monoisotopic (exact) mass is 425 g/mol. The summed E-state index contributed by atoms with van der Waals surface area (Å²) in [5.74, 6) is 0.409. The van der Waals surface area contributed by atoms with Crippen LogP contribution in [0.4, 0.5) is 5.69 Å². The second kappa shape index (κ2) is 7.64. The fourth-order valence-corrected chi connectivity index (χ4v) is 5.57. The Balaban J connectivity index is 1.65. The second-order valence-corrected chi connectivity index (χ2v) is 8.59. The Morgan fingerprint density at radius 1 is 1.26 bits per heavy atom. The summed E-state index contributed by atoms with van der Waals surface area (Å²) in [6, 6.07) is 7.58. The van der Waals surface area contributed by atoms with Gasteiger partial charge in [0.25, 0.3) is 5.91 Å². The Morgan fingerprint density at radius 2 is 2.03 bits per heavy atom. The molecule has 0 saturated carbocycles. The summed E-state index contributed by atoms with van der Waals surface area (Å²) in [6.07, 6.45) is 3.94. The van der Waals surface area contributed by atoms with Crippen molar-refractivity contribution in [3.8, 4) is 5.75 Å². The van der Waals surface area contributed by atoms with Crippen molar-refractivity contribution >= 4 is 17.5 Å². The molecule has 5 rings (SSSR count). The molecule has 31 heavy (non-hydrogen) atoms. The van der Waals surface area contributed by atoms with E-state index in [1.165, 1.54) is 0 Å². The molecule has 1 aromatic carbocycles. The minimum atomic E-state index is -0.657. The molecule has 2 N–H and O–H groups in total. The maximum absolute atomic E-state index is 13.9. The van der Waals surface area contributed by atoms with Crippen molar-refractivity contribution in [2.45, 2.75) is 37.6 Å². The van der Waals surface area contributed by atoms with Crippen LogP contribution in [-0.2, 0) is 21.5 Å². The smallest absolute Gasteiger partial charge is 0.288 e. The van der Waals surface area contributed by atoms with E-state index in [0.29, 0.717) is 31.2 Å². The van der Waals surface area contributed by atoms with Gasteiger partial charge in [-0.1, -0.05) is 12.1 Å². The van der Waals surface area contributed by atoms with Crippen LogP contribution in [0.25, 0.3) is 0 Å². The molecule has 0 spiro atoms. The molecule has 1 unspecified atom stereocenters. The zero-order valence-electron chi connectivity index (χ0n) is 17.6. The molecule has 1 aromatic heterocycles. The standard InChI is InChI=1S/C22H27N5O4/c1-26-16-5-2-3-6-17(16)31-13-15(21(26)29)22(14-8-11-30-12-9-14)10-4-7-18-24-20(19(23)28)25-27(18)22/h2-3,5-6,14-15H,4,7-13H2,1H3,(H2,23,28)/t15-,22?/m0/s1. The van der Waals surface area contributed by atoms with E-state index in [-0.39, 0.29) is 24.3 Å². The maximum Gasteiger partial charge on any atom is 0.288 e. The number of fused-ring (bicyclic) bond motifs is 2. The Bertz CT molecular complexity index is 1020. The van der Waals surface area contributed by atoms with E-state index in [1.54, 1.807) is 11.9 Å². The zero-order valence-corrected chi connectivity index (χ0v) is 17.6. The highest BCUT2D eigenvalue weighted by molar-refractivity contribution is 5.97. The summed E-state index contributed by atoms with van der Waals surface area (Å²) in [7, 11) is 1.79. The summed E-state index contributed by atoms with van der Waals surface area (Å²) in [5.41, 5.74) is 5.61. The van der Waals surface area contributed by atoms with Gasteiger partial charge in [0.05, 0.1) is 17.1 Å². The number of hydrogen-bond donors (Lipinski definition) is 1. The topological polar surface area (TPSA) is 113 Å². The summed E-state index contributed by atoms with van der Waals surface area (Å²) in [6.45, 7) is 1.51. The molecule has 2 aromatic rings. The van der Waals surface area contributed by atoms with Crippen LogP contribution >= 0.6 is 0 Å². The molecule has 9 nitrogen and oxygen atoms in total. The quantitative estimate of drug-likeness (QED) is 0.798. The average molecular weight is 425 g/mol. The molecule has 0 radical (unpaired) electrons. The fraction of sp³-hybridized carbons (Fsp3) is 0.545. The number of primary amides is 1. The van der Waals surface area contributed by atoms with Crippen molar-refractivity contribution in [1.82, 2.24) is 14.8 Å². The van der Waals surface area contributed by atoms with Gasteiger partial charge in [0, 0.05) is 26.7 Å². The Hall–Kier alpha value is -2.94. The molecule has 3 aliphatic heterocycles. The van der Waals surface area contributed by atoms with E-state index in [4.69, 9.17) is 15.2 Å². The first-order chi connectivity index (χ1) is 15.0. The largest absolute Gasteiger partial charge is 0.490 e. The number of ether oxygens (including phenoxy) is 2. The molecular weight excluding hydrogens is 398 g/mol. The number of rotatable bonds is 3.